The molecule has 4 amide bonds. The predicted molar refractivity (Wildman–Crippen MR) is 147 cm³/mol. The summed E-state index contributed by atoms with van der Waals surface area (Å²) in [5.41, 5.74) is 1.74. The molecule has 1 aromatic heterocycles. The molecule has 0 aliphatic carbocycles. The van der Waals surface area contributed by atoms with E-state index in [2.05, 4.69) is 26.2 Å². The molecule has 0 spiro atoms. The zero-order valence-electron chi connectivity index (χ0n) is 22.7. The molecule has 2 aromatic carbocycles. The number of aromatic nitrogens is 4. The van der Waals surface area contributed by atoms with Gasteiger partial charge in [-0.05, 0) is 47.7 Å². The number of hydrogen-bond donors (Lipinski definition) is 3. The standard InChI is InChI=1S/C27H34N8O5/c1-18-13-35(19(2)16-36)26(38)12-20-11-22(29-25(37)15-34-17-28-31-32-34)9-10-23(20)40-24(18)14-33(3)27(39)30-21-7-5-4-6-8-21/h4-11,17-19,24,36H,12-16H2,1-3H3,(H,29,37)(H,30,39)/t18-,19-,24-/m0/s1. The first-order valence-corrected chi connectivity index (χ1v) is 13.0. The van der Waals surface area contributed by atoms with Gasteiger partial charge in [0.05, 0.1) is 25.6 Å². The number of anilines is 2. The van der Waals surface area contributed by atoms with Crippen molar-refractivity contribution in [3.05, 3.63) is 60.4 Å². The van der Waals surface area contributed by atoms with Crippen LogP contribution in [0.2, 0.25) is 0 Å². The van der Waals surface area contributed by atoms with Crippen LogP contribution in [0.5, 0.6) is 5.75 Å². The number of carbonyl (C=O) groups is 3. The molecule has 3 atom stereocenters. The van der Waals surface area contributed by atoms with E-state index in [0.29, 0.717) is 29.2 Å². The Hall–Kier alpha value is -4.52. The smallest absolute Gasteiger partial charge is 0.321 e. The molecule has 0 unspecified atom stereocenters. The van der Waals surface area contributed by atoms with Gasteiger partial charge in [-0.3, -0.25) is 9.59 Å². The number of nitrogens with one attached hydrogen (secondary N) is 2. The van der Waals surface area contributed by atoms with Crippen molar-refractivity contribution in [1.29, 1.82) is 0 Å². The lowest BCUT2D eigenvalue weighted by molar-refractivity contribution is -0.134. The highest BCUT2D eigenvalue weighted by Crippen LogP contribution is 2.29. The van der Waals surface area contributed by atoms with E-state index in [0.717, 1.165) is 0 Å². The molecule has 212 valence electrons. The van der Waals surface area contributed by atoms with Crippen LogP contribution in [0.15, 0.2) is 54.9 Å². The number of aliphatic hydroxyl groups excluding tert-OH is 1. The Kier molecular flexibility index (Phi) is 9.27. The van der Waals surface area contributed by atoms with Gasteiger partial charge in [-0.15, -0.1) is 5.10 Å². The Morgan fingerprint density at radius 3 is 2.65 bits per heavy atom. The molecule has 0 bridgehead atoms. The number of tetrazole rings is 1. The fourth-order valence-corrected chi connectivity index (χ4v) is 4.42. The minimum absolute atomic E-state index is 0.0140. The quantitative estimate of drug-likeness (QED) is 0.382. The number of carbonyl (C=O) groups excluding carboxylic acids is 3. The van der Waals surface area contributed by atoms with Crippen molar-refractivity contribution < 1.29 is 24.2 Å². The van der Waals surface area contributed by atoms with Crippen LogP contribution in [0.1, 0.15) is 19.4 Å². The number of nitrogens with zero attached hydrogens (tertiary/aromatic N) is 6. The van der Waals surface area contributed by atoms with Gasteiger partial charge in [0.1, 0.15) is 24.7 Å². The molecule has 0 radical (unpaired) electrons. The van der Waals surface area contributed by atoms with Crippen LogP contribution >= 0.6 is 0 Å². The fraction of sp³-hybridized carbons (Fsp3) is 0.407. The maximum absolute atomic E-state index is 13.4. The molecule has 4 rings (SSSR count). The summed E-state index contributed by atoms with van der Waals surface area (Å²) in [5.74, 6) is -0.201. The molecule has 2 heterocycles. The second kappa shape index (κ2) is 13.0. The van der Waals surface area contributed by atoms with E-state index in [-0.39, 0.29) is 49.9 Å². The summed E-state index contributed by atoms with van der Waals surface area (Å²) in [6.45, 7) is 4.06. The number of ether oxygens (including phenoxy) is 1. The number of hydrogen-bond acceptors (Lipinski definition) is 8. The molecule has 13 heteroatoms. The number of benzene rings is 2. The van der Waals surface area contributed by atoms with Crippen molar-refractivity contribution in [2.75, 3.05) is 37.4 Å². The molecule has 0 saturated carbocycles. The van der Waals surface area contributed by atoms with Crippen molar-refractivity contribution in [3.8, 4) is 5.75 Å². The van der Waals surface area contributed by atoms with Crippen LogP contribution in [-0.4, -0.2) is 91.8 Å². The van der Waals surface area contributed by atoms with Gasteiger partial charge in [-0.25, -0.2) is 9.48 Å². The van der Waals surface area contributed by atoms with E-state index in [4.69, 9.17) is 4.74 Å². The van der Waals surface area contributed by atoms with E-state index in [1.807, 2.05) is 25.1 Å². The molecule has 1 aliphatic heterocycles. The Morgan fingerprint density at radius 2 is 1.95 bits per heavy atom. The van der Waals surface area contributed by atoms with E-state index in [1.54, 1.807) is 54.1 Å². The van der Waals surface area contributed by atoms with E-state index < -0.39 is 12.1 Å². The molecule has 0 fully saturated rings. The second-order valence-corrected chi connectivity index (χ2v) is 9.94. The second-order valence-electron chi connectivity index (χ2n) is 9.94. The van der Waals surface area contributed by atoms with Crippen LogP contribution in [0.4, 0.5) is 16.2 Å². The molecule has 0 saturated heterocycles. The van der Waals surface area contributed by atoms with Crippen molar-refractivity contribution in [1.82, 2.24) is 30.0 Å². The van der Waals surface area contributed by atoms with E-state index in [9.17, 15) is 19.5 Å². The summed E-state index contributed by atoms with van der Waals surface area (Å²) in [6.07, 6.45) is 0.885. The van der Waals surface area contributed by atoms with Crippen LogP contribution in [0, 0.1) is 5.92 Å². The van der Waals surface area contributed by atoms with Crippen molar-refractivity contribution >= 4 is 29.2 Å². The number of rotatable bonds is 8. The van der Waals surface area contributed by atoms with Crippen LogP contribution in [0.25, 0.3) is 0 Å². The summed E-state index contributed by atoms with van der Waals surface area (Å²) in [7, 11) is 1.68. The number of likely N-dealkylation sites (N-methyl/N-ethyl adjacent to an activating group) is 1. The Labute approximate surface area is 232 Å². The van der Waals surface area contributed by atoms with Gasteiger partial charge in [-0.1, -0.05) is 25.1 Å². The Balaban J connectivity index is 1.56. The van der Waals surface area contributed by atoms with Gasteiger partial charge in [0.25, 0.3) is 0 Å². The number of aliphatic hydroxyl groups is 1. The first-order valence-electron chi connectivity index (χ1n) is 13.0. The van der Waals surface area contributed by atoms with Crippen molar-refractivity contribution in [2.24, 2.45) is 5.92 Å². The Bertz CT molecular complexity index is 1300. The molecule has 3 N–H and O–H groups in total. The monoisotopic (exact) mass is 550 g/mol. The predicted octanol–water partition coefficient (Wildman–Crippen LogP) is 1.62. The third kappa shape index (κ3) is 7.32. The highest BCUT2D eigenvalue weighted by molar-refractivity contribution is 5.91. The van der Waals surface area contributed by atoms with E-state index in [1.165, 1.54) is 11.0 Å². The zero-order valence-corrected chi connectivity index (χ0v) is 22.7. The number of para-hydroxylation sites is 1. The highest BCUT2D eigenvalue weighted by Gasteiger charge is 2.32. The summed E-state index contributed by atoms with van der Waals surface area (Å²) in [5, 5.41) is 26.2. The largest absolute Gasteiger partial charge is 0.488 e. The molecular formula is C27H34N8O5. The average Bonchev–Trinajstić information content (AvgIpc) is 3.45. The minimum Gasteiger partial charge on any atom is -0.488 e. The molecule has 1 aliphatic rings. The van der Waals surface area contributed by atoms with Gasteiger partial charge in [0.15, 0.2) is 0 Å². The third-order valence-corrected chi connectivity index (χ3v) is 6.72. The lowest BCUT2D eigenvalue weighted by Gasteiger charge is -2.34. The first-order chi connectivity index (χ1) is 19.2. The topological polar surface area (TPSA) is 155 Å². The van der Waals surface area contributed by atoms with E-state index >= 15 is 0 Å². The van der Waals surface area contributed by atoms with Crippen molar-refractivity contribution in [3.63, 3.8) is 0 Å². The maximum atomic E-state index is 13.4. The summed E-state index contributed by atoms with van der Waals surface area (Å²) < 4.78 is 7.75. The fourth-order valence-electron chi connectivity index (χ4n) is 4.42. The van der Waals surface area contributed by atoms with Crippen molar-refractivity contribution in [2.45, 2.75) is 39.0 Å². The third-order valence-electron chi connectivity index (χ3n) is 6.72. The Morgan fingerprint density at radius 1 is 1.18 bits per heavy atom. The molecular weight excluding hydrogens is 516 g/mol. The highest BCUT2D eigenvalue weighted by atomic mass is 16.5. The van der Waals surface area contributed by atoms with Gasteiger partial charge in [0, 0.05) is 36.4 Å². The molecule has 13 nitrogen and oxygen atoms in total. The summed E-state index contributed by atoms with van der Waals surface area (Å²) in [4.78, 5) is 41.9. The maximum Gasteiger partial charge on any atom is 0.321 e. The normalized spacial score (nSPS) is 17.9. The minimum atomic E-state index is -0.468. The lowest BCUT2D eigenvalue weighted by atomic mass is 10.0. The summed E-state index contributed by atoms with van der Waals surface area (Å²) >= 11 is 0. The van der Waals surface area contributed by atoms with Gasteiger partial charge < -0.3 is 30.3 Å². The van der Waals surface area contributed by atoms with Gasteiger partial charge >= 0.3 is 6.03 Å². The molecule has 40 heavy (non-hydrogen) atoms. The number of amides is 4. The zero-order chi connectivity index (χ0) is 28.6. The number of fused-ring (bicyclic) bond motifs is 1. The van der Waals surface area contributed by atoms with Crippen LogP contribution in [0.3, 0.4) is 0 Å². The molecule has 3 aromatic rings. The van der Waals surface area contributed by atoms with Crippen LogP contribution < -0.4 is 15.4 Å². The van der Waals surface area contributed by atoms with Gasteiger partial charge in [0.2, 0.25) is 11.8 Å². The van der Waals surface area contributed by atoms with Crippen LogP contribution in [-0.2, 0) is 22.6 Å². The SMILES string of the molecule is C[C@H]1CN([C@@H](C)CO)C(=O)Cc2cc(NC(=O)Cn3cnnn3)ccc2O[C@H]1CN(C)C(=O)Nc1ccccc1. The lowest BCUT2D eigenvalue weighted by Crippen LogP contribution is -2.48. The summed E-state index contributed by atoms with van der Waals surface area (Å²) in [6, 6.07) is 13.6. The number of urea groups is 1. The average molecular weight is 551 g/mol. The van der Waals surface area contributed by atoms with Gasteiger partial charge in [-0.2, -0.15) is 0 Å². The first kappa shape index (κ1) is 28.5.